The number of carbonyl (C=O) groups excluding carboxylic acids is 1. The number of hydrogen-bond acceptors (Lipinski definition) is 1. The van der Waals surface area contributed by atoms with Crippen molar-refractivity contribution in [2.24, 2.45) is 0 Å². The van der Waals surface area contributed by atoms with Crippen molar-refractivity contribution < 1.29 is 4.79 Å². The number of fused-ring (bicyclic) bond motifs is 1. The highest BCUT2D eigenvalue weighted by molar-refractivity contribution is 6.28. The summed E-state index contributed by atoms with van der Waals surface area (Å²) < 4.78 is 0. The molecule has 0 N–H and O–H groups in total. The van der Waals surface area contributed by atoms with E-state index in [2.05, 4.69) is 88.8 Å². The average Bonchev–Trinajstić information content (AvgIpc) is 3.37. The zero-order valence-electron chi connectivity index (χ0n) is 35.9. The average molecular weight is 637 g/mol. The van der Waals surface area contributed by atoms with Crippen LogP contribution in [0.5, 0.6) is 0 Å². The summed E-state index contributed by atoms with van der Waals surface area (Å²) in [6.45, 7) is 56.2. The van der Waals surface area contributed by atoms with Crippen molar-refractivity contribution in [3.63, 3.8) is 0 Å². The third-order valence-electron chi connectivity index (χ3n) is 8.15. The van der Waals surface area contributed by atoms with E-state index in [0.29, 0.717) is 0 Å². The lowest BCUT2D eigenvalue weighted by molar-refractivity contribution is 0.104. The van der Waals surface area contributed by atoms with E-state index >= 15 is 0 Å². The molecule has 1 aliphatic carbocycles. The van der Waals surface area contributed by atoms with Crippen molar-refractivity contribution in [3.8, 4) is 0 Å². The van der Waals surface area contributed by atoms with Gasteiger partial charge >= 0.3 is 0 Å². The van der Waals surface area contributed by atoms with E-state index in [1.807, 2.05) is 96.9 Å². The van der Waals surface area contributed by atoms with Gasteiger partial charge in [-0.25, -0.2) is 0 Å². The lowest BCUT2D eigenvalue weighted by atomic mass is 9.84. The fourth-order valence-electron chi connectivity index (χ4n) is 5.58. The van der Waals surface area contributed by atoms with Gasteiger partial charge in [0.05, 0.1) is 0 Å². The minimum Gasteiger partial charge on any atom is -0.289 e. The van der Waals surface area contributed by atoms with Gasteiger partial charge in [0.2, 0.25) is 0 Å². The highest BCUT2D eigenvalue weighted by Gasteiger charge is 2.35. The van der Waals surface area contributed by atoms with Gasteiger partial charge in [0.1, 0.15) is 0 Å². The topological polar surface area (TPSA) is 17.1 Å². The molecule has 0 amide bonds. The molecule has 2 aromatic carbocycles. The van der Waals surface area contributed by atoms with Gasteiger partial charge in [-0.15, -0.1) is 0 Å². The fourth-order valence-corrected chi connectivity index (χ4v) is 5.58. The van der Waals surface area contributed by atoms with Crippen LogP contribution in [0.25, 0.3) is 11.1 Å². The van der Waals surface area contributed by atoms with Crippen LogP contribution in [0.3, 0.4) is 0 Å². The first-order valence-corrected chi connectivity index (χ1v) is 18.7. The summed E-state index contributed by atoms with van der Waals surface area (Å²) in [6, 6.07) is 2.28. The fraction of sp³-hybridized carbons (Fsp3) is 0.578. The monoisotopic (exact) mass is 637 g/mol. The molecule has 0 bridgehead atoms. The Kier molecular flexibility index (Phi) is 32.8. The molecule has 0 fully saturated rings. The Bertz CT molecular complexity index is 1210. The molecule has 0 atom stereocenters. The van der Waals surface area contributed by atoms with Crippen LogP contribution in [-0.2, 0) is 0 Å². The molecule has 2 aromatic rings. The number of ketones is 1. The number of allylic oxidation sites excluding steroid dienone is 5. The summed E-state index contributed by atoms with van der Waals surface area (Å²) in [5.41, 5.74) is 18.6. The number of rotatable bonds is 3. The minimum atomic E-state index is 0.145. The maximum absolute atomic E-state index is 13.8. The first kappa shape index (κ1) is 52.8. The van der Waals surface area contributed by atoms with Crippen LogP contribution < -0.4 is 0 Å². The van der Waals surface area contributed by atoms with Crippen LogP contribution >= 0.6 is 0 Å². The maximum Gasteiger partial charge on any atom is 0.194 e. The molecule has 3 rings (SSSR count). The zero-order valence-corrected chi connectivity index (χ0v) is 35.9. The van der Waals surface area contributed by atoms with E-state index in [9.17, 15) is 4.79 Å². The van der Waals surface area contributed by atoms with Gasteiger partial charge in [-0.1, -0.05) is 117 Å². The van der Waals surface area contributed by atoms with Crippen LogP contribution in [-0.4, -0.2) is 5.78 Å². The normalized spacial score (nSPS) is 11.9. The van der Waals surface area contributed by atoms with Crippen molar-refractivity contribution in [2.45, 2.75) is 180 Å². The largest absolute Gasteiger partial charge is 0.289 e. The minimum absolute atomic E-state index is 0.145. The van der Waals surface area contributed by atoms with Crippen molar-refractivity contribution in [1.29, 1.82) is 0 Å². The van der Waals surface area contributed by atoms with Crippen molar-refractivity contribution >= 4 is 16.9 Å². The summed E-state index contributed by atoms with van der Waals surface area (Å²) in [6.07, 6.45) is 0.802. The summed E-state index contributed by atoms with van der Waals surface area (Å²) in [7, 11) is 0. The summed E-state index contributed by atoms with van der Waals surface area (Å²) in [5.74, 6) is 0.145. The van der Waals surface area contributed by atoms with Crippen molar-refractivity contribution in [1.82, 2.24) is 0 Å². The van der Waals surface area contributed by atoms with Crippen LogP contribution in [0.4, 0.5) is 0 Å². The first-order chi connectivity index (χ1) is 21.9. The first-order valence-electron chi connectivity index (χ1n) is 18.7. The lowest BCUT2D eigenvalue weighted by Gasteiger charge is -2.20. The summed E-state index contributed by atoms with van der Waals surface area (Å²) in [5, 5.41) is 0. The van der Waals surface area contributed by atoms with Gasteiger partial charge in [0.25, 0.3) is 0 Å². The molecule has 0 saturated heterocycles. The number of carbonyl (C=O) groups is 1. The molecule has 1 nitrogen and oxygen atoms in total. The molecular formula is C45H80O. The molecule has 1 aliphatic rings. The van der Waals surface area contributed by atoms with Crippen molar-refractivity contribution in [2.75, 3.05) is 0 Å². The Morgan fingerprint density at radius 1 is 0.543 bits per heavy atom. The predicted octanol–water partition coefficient (Wildman–Crippen LogP) is 15.7. The Labute approximate surface area is 291 Å². The van der Waals surface area contributed by atoms with Crippen LogP contribution in [0, 0.1) is 55.4 Å². The van der Waals surface area contributed by atoms with E-state index in [-0.39, 0.29) is 5.78 Å². The lowest BCUT2D eigenvalue weighted by Crippen LogP contribution is -2.06. The highest BCUT2D eigenvalue weighted by atomic mass is 16.1. The number of benzene rings is 2. The summed E-state index contributed by atoms with van der Waals surface area (Å²) >= 11 is 0. The van der Waals surface area contributed by atoms with E-state index in [1.165, 1.54) is 55.7 Å². The molecule has 0 spiro atoms. The van der Waals surface area contributed by atoms with Crippen molar-refractivity contribution in [3.05, 3.63) is 90.6 Å². The van der Waals surface area contributed by atoms with Gasteiger partial charge in [-0.05, 0) is 154 Å². The molecule has 0 radical (unpaired) electrons. The Morgan fingerprint density at radius 3 is 1.28 bits per heavy atom. The quantitative estimate of drug-likeness (QED) is 0.306. The molecule has 0 heterocycles. The number of Topliss-reactive ketones (excluding diaryl/α,β-unsaturated/α-hetero) is 1. The number of hydrogen-bond donors (Lipinski definition) is 0. The van der Waals surface area contributed by atoms with E-state index < -0.39 is 0 Å². The van der Waals surface area contributed by atoms with Gasteiger partial charge in [0, 0.05) is 11.1 Å². The second-order valence-electron chi connectivity index (χ2n) is 9.65. The third kappa shape index (κ3) is 11.8. The highest BCUT2D eigenvalue weighted by Crippen LogP contribution is 2.45. The van der Waals surface area contributed by atoms with Gasteiger partial charge in [-0.3, -0.25) is 4.79 Å². The molecule has 0 unspecified atom stereocenters. The molecule has 0 saturated carbocycles. The van der Waals surface area contributed by atoms with Gasteiger partial charge in [0.15, 0.2) is 5.78 Å². The molecular weight excluding hydrogens is 556 g/mol. The molecule has 46 heavy (non-hydrogen) atoms. The predicted molar refractivity (Wildman–Crippen MR) is 219 cm³/mol. The molecule has 0 aliphatic heterocycles. The second-order valence-corrected chi connectivity index (χ2v) is 9.65. The summed E-state index contributed by atoms with van der Waals surface area (Å²) in [4.78, 5) is 13.8. The second kappa shape index (κ2) is 28.5. The zero-order chi connectivity index (χ0) is 38.2. The SMILES string of the molecule is C=C1/C(=C(CC)/C(C)=C(/C)c2c(C)cc(C)c(C)c2C)C(=O)c2c(C)c(C)c(C)c(C)c21.CC.CC.CC.CC.CC.CC.CC. The van der Waals surface area contributed by atoms with E-state index in [1.54, 1.807) is 0 Å². The molecule has 1 heteroatoms. The van der Waals surface area contributed by atoms with E-state index in [4.69, 9.17) is 0 Å². The maximum atomic E-state index is 13.8. The number of aryl methyl sites for hydroxylation is 2. The van der Waals surface area contributed by atoms with Crippen LogP contribution in [0.2, 0.25) is 0 Å². The van der Waals surface area contributed by atoms with Crippen LogP contribution in [0.15, 0.2) is 29.4 Å². The molecule has 266 valence electrons. The van der Waals surface area contributed by atoms with Gasteiger partial charge in [-0.2, -0.15) is 0 Å². The standard InChI is InChI=1S/C31H38O.7C2H6/c1-13-26(20(7)24(11)27-16(3)14-15(2)17(4)21(27)8)29-25(12)28-22(9)18(5)19(6)23(10)30(28)31(29)32;7*1-2/h14H,12-13H2,1-11H3;7*1-2H3/b24-20-,29-26-;;;;;;;. The van der Waals surface area contributed by atoms with Gasteiger partial charge < -0.3 is 0 Å². The molecule has 0 aromatic heterocycles. The Balaban J connectivity index is -0.000000354. The third-order valence-corrected chi connectivity index (χ3v) is 8.15. The van der Waals surface area contributed by atoms with E-state index in [0.717, 1.165) is 39.8 Å². The smallest absolute Gasteiger partial charge is 0.194 e. The Morgan fingerprint density at radius 2 is 0.913 bits per heavy atom. The Hall–Kier alpha value is -2.67. The van der Waals surface area contributed by atoms with Crippen LogP contribution in [0.1, 0.15) is 190 Å².